The van der Waals surface area contributed by atoms with Gasteiger partial charge in [0.15, 0.2) is 5.82 Å². The molecule has 0 N–H and O–H groups in total. The summed E-state index contributed by atoms with van der Waals surface area (Å²) in [5.41, 5.74) is 2.13. The molecule has 8 heteroatoms. The van der Waals surface area contributed by atoms with Crippen LogP contribution in [0.2, 0.25) is 0 Å². The molecule has 0 aliphatic carbocycles. The van der Waals surface area contributed by atoms with E-state index in [0.717, 1.165) is 53.0 Å². The predicted molar refractivity (Wildman–Crippen MR) is 128 cm³/mol. The third-order valence-corrected chi connectivity index (χ3v) is 7.02. The summed E-state index contributed by atoms with van der Waals surface area (Å²) in [5.74, 6) is 1.01. The highest BCUT2D eigenvalue weighted by atomic mass is 32.1. The van der Waals surface area contributed by atoms with Crippen molar-refractivity contribution < 1.29 is 0 Å². The second-order valence-electron chi connectivity index (χ2n) is 8.08. The maximum Gasteiger partial charge on any atom is 0.203 e. The van der Waals surface area contributed by atoms with Crippen molar-refractivity contribution in [3.8, 4) is 5.69 Å². The molecule has 3 heterocycles. The Morgan fingerprint density at radius 3 is 2.55 bits per heavy atom. The second kappa shape index (κ2) is 9.00. The van der Waals surface area contributed by atoms with E-state index in [-0.39, 0.29) is 0 Å². The number of para-hydroxylation sites is 2. The fraction of sp³-hybridized carbons (Fsp3) is 0.348. The molecule has 1 fully saturated rings. The van der Waals surface area contributed by atoms with Crippen molar-refractivity contribution in [2.24, 2.45) is 0 Å². The molecule has 0 radical (unpaired) electrons. The number of rotatable bonds is 7. The van der Waals surface area contributed by atoms with Gasteiger partial charge in [0.2, 0.25) is 4.77 Å². The summed E-state index contributed by atoms with van der Waals surface area (Å²) in [6.07, 6.45) is 2.52. The van der Waals surface area contributed by atoms with Crippen LogP contribution in [0, 0.1) is 4.77 Å². The molecular weight excluding hydrogens is 424 g/mol. The highest BCUT2D eigenvalue weighted by Crippen LogP contribution is 2.23. The van der Waals surface area contributed by atoms with Gasteiger partial charge in [-0.2, -0.15) is 5.10 Å². The minimum absolute atomic E-state index is 0.627. The van der Waals surface area contributed by atoms with Crippen LogP contribution in [0.25, 0.3) is 15.9 Å². The summed E-state index contributed by atoms with van der Waals surface area (Å²) in [5, 5.41) is 6.06. The van der Waals surface area contributed by atoms with E-state index in [2.05, 4.69) is 51.7 Å². The Bertz CT molecular complexity index is 1190. The van der Waals surface area contributed by atoms with Crippen LogP contribution >= 0.6 is 23.6 Å². The molecule has 160 valence electrons. The number of hydrogen-bond donors (Lipinski definition) is 0. The van der Waals surface area contributed by atoms with Gasteiger partial charge in [-0.15, -0.1) is 11.3 Å². The Labute approximate surface area is 191 Å². The molecule has 2 aromatic carbocycles. The minimum atomic E-state index is 0.627. The molecule has 1 aliphatic heterocycles. The summed E-state index contributed by atoms with van der Waals surface area (Å²) < 4.78 is 6.03. The first-order valence-corrected chi connectivity index (χ1v) is 11.9. The van der Waals surface area contributed by atoms with Crippen LogP contribution in [-0.2, 0) is 19.8 Å². The van der Waals surface area contributed by atoms with Gasteiger partial charge >= 0.3 is 0 Å². The summed E-state index contributed by atoms with van der Waals surface area (Å²) in [6.45, 7) is 4.48. The van der Waals surface area contributed by atoms with E-state index < -0.39 is 0 Å². The topological polar surface area (TPSA) is 42.1 Å². The molecule has 2 aromatic heterocycles. The second-order valence-corrected chi connectivity index (χ2v) is 9.56. The summed E-state index contributed by atoms with van der Waals surface area (Å²) in [6, 6.07) is 18.6. The molecule has 0 atom stereocenters. The Hall–Kier alpha value is -2.39. The lowest BCUT2D eigenvalue weighted by molar-refractivity contribution is 0.242. The van der Waals surface area contributed by atoms with Crippen molar-refractivity contribution >= 4 is 33.8 Å². The van der Waals surface area contributed by atoms with Gasteiger partial charge in [0.1, 0.15) is 5.01 Å². The van der Waals surface area contributed by atoms with Crippen LogP contribution in [0.5, 0.6) is 0 Å². The zero-order chi connectivity index (χ0) is 21.2. The maximum atomic E-state index is 5.88. The highest BCUT2D eigenvalue weighted by Gasteiger charge is 2.19. The molecule has 4 aromatic rings. The van der Waals surface area contributed by atoms with E-state index in [9.17, 15) is 0 Å². The van der Waals surface area contributed by atoms with E-state index >= 15 is 0 Å². The first kappa shape index (κ1) is 20.5. The molecule has 1 aliphatic rings. The molecule has 5 rings (SSSR count). The lowest BCUT2D eigenvalue weighted by Gasteiger charge is -2.14. The van der Waals surface area contributed by atoms with Crippen molar-refractivity contribution in [3.63, 3.8) is 0 Å². The van der Waals surface area contributed by atoms with E-state index in [1.54, 1.807) is 11.3 Å². The van der Waals surface area contributed by atoms with Gasteiger partial charge in [0.25, 0.3) is 0 Å². The van der Waals surface area contributed by atoms with E-state index in [0.29, 0.717) is 6.67 Å². The Morgan fingerprint density at radius 1 is 1.03 bits per heavy atom. The molecule has 6 nitrogen and oxygen atoms in total. The normalized spacial score (nSPS) is 14.8. The van der Waals surface area contributed by atoms with Gasteiger partial charge in [-0.05, 0) is 69.5 Å². The van der Waals surface area contributed by atoms with Gasteiger partial charge in [-0.1, -0.05) is 30.3 Å². The van der Waals surface area contributed by atoms with Gasteiger partial charge < -0.3 is 0 Å². The molecule has 0 bridgehead atoms. The van der Waals surface area contributed by atoms with Crippen LogP contribution in [0.15, 0.2) is 54.6 Å². The zero-order valence-corrected chi connectivity index (χ0v) is 19.3. The third kappa shape index (κ3) is 4.48. The quantitative estimate of drug-likeness (QED) is 0.382. The largest absolute Gasteiger partial charge is 0.296 e. The van der Waals surface area contributed by atoms with E-state index in [1.165, 1.54) is 17.5 Å². The van der Waals surface area contributed by atoms with Crippen molar-refractivity contribution in [3.05, 3.63) is 70.2 Å². The number of fused-ring (bicyclic) bond motifs is 1. The molecule has 1 saturated heterocycles. The van der Waals surface area contributed by atoms with Crippen LogP contribution in [-0.4, -0.2) is 49.3 Å². The van der Waals surface area contributed by atoms with E-state index in [4.69, 9.17) is 22.3 Å². The number of hydrogen-bond acceptors (Lipinski definition) is 6. The Kier molecular flexibility index (Phi) is 5.95. The average molecular weight is 451 g/mol. The molecule has 0 unspecified atom stereocenters. The number of benzene rings is 2. The first-order valence-electron chi connectivity index (χ1n) is 10.7. The number of likely N-dealkylation sites (tertiary alicyclic amines) is 1. The third-order valence-electron chi connectivity index (χ3n) is 5.60. The highest BCUT2D eigenvalue weighted by molar-refractivity contribution is 7.71. The zero-order valence-electron chi connectivity index (χ0n) is 17.6. The van der Waals surface area contributed by atoms with Gasteiger partial charge in [0.05, 0.1) is 30.0 Å². The lowest BCUT2D eigenvalue weighted by Crippen LogP contribution is -2.23. The van der Waals surface area contributed by atoms with Crippen LogP contribution in [0.1, 0.15) is 23.7 Å². The molecule has 0 amide bonds. The van der Waals surface area contributed by atoms with E-state index in [1.807, 2.05) is 28.9 Å². The van der Waals surface area contributed by atoms with Crippen LogP contribution in [0.3, 0.4) is 0 Å². The number of thiazole rings is 1. The summed E-state index contributed by atoms with van der Waals surface area (Å²) in [7, 11) is 2.09. The number of aromatic nitrogens is 4. The van der Waals surface area contributed by atoms with Crippen molar-refractivity contribution in [1.82, 2.24) is 29.1 Å². The maximum absolute atomic E-state index is 5.88. The molecule has 31 heavy (non-hydrogen) atoms. The van der Waals surface area contributed by atoms with Gasteiger partial charge in [-0.25, -0.2) is 9.67 Å². The summed E-state index contributed by atoms with van der Waals surface area (Å²) >= 11 is 7.62. The number of nitrogens with zero attached hydrogens (tertiary/aromatic N) is 6. The van der Waals surface area contributed by atoms with Crippen LogP contribution in [0.4, 0.5) is 0 Å². The fourth-order valence-corrected chi connectivity index (χ4v) is 5.48. The minimum Gasteiger partial charge on any atom is -0.296 e. The fourth-order valence-electron chi connectivity index (χ4n) is 4.12. The Morgan fingerprint density at radius 2 is 1.77 bits per heavy atom. The standard InChI is InChI=1S/C23H26N6S2/c1-26(16-22-24-19-11-5-6-12-20(19)31-22)17-28-23(30)29(18-9-3-2-4-10-18)21(25-28)15-27-13-7-8-14-27/h2-6,9-12H,7-8,13-17H2,1H3. The van der Waals surface area contributed by atoms with Crippen molar-refractivity contribution in [1.29, 1.82) is 0 Å². The predicted octanol–water partition coefficient (Wildman–Crippen LogP) is 4.70. The molecule has 0 spiro atoms. The van der Waals surface area contributed by atoms with Gasteiger partial charge in [0, 0.05) is 5.69 Å². The smallest absolute Gasteiger partial charge is 0.203 e. The average Bonchev–Trinajstić information content (AvgIpc) is 3.49. The SMILES string of the molecule is CN(Cc1nc2ccccc2s1)Cn1nc(CN2CCCC2)n(-c2ccccc2)c1=S. The van der Waals surface area contributed by atoms with Crippen molar-refractivity contribution in [2.45, 2.75) is 32.6 Å². The first-order chi connectivity index (χ1) is 15.2. The molecule has 0 saturated carbocycles. The Balaban J connectivity index is 1.40. The lowest BCUT2D eigenvalue weighted by atomic mass is 10.3. The van der Waals surface area contributed by atoms with Crippen LogP contribution < -0.4 is 0 Å². The van der Waals surface area contributed by atoms with Crippen molar-refractivity contribution in [2.75, 3.05) is 20.1 Å². The monoisotopic (exact) mass is 450 g/mol. The van der Waals surface area contributed by atoms with Gasteiger partial charge in [-0.3, -0.25) is 14.4 Å². The summed E-state index contributed by atoms with van der Waals surface area (Å²) in [4.78, 5) is 9.45. The molecular formula is C23H26N6S2.